The van der Waals surface area contributed by atoms with E-state index in [0.717, 1.165) is 35.1 Å². The Labute approximate surface area is 231 Å². The number of benzene rings is 3. The van der Waals surface area contributed by atoms with Crippen LogP contribution in [0, 0.1) is 0 Å². The summed E-state index contributed by atoms with van der Waals surface area (Å²) in [5, 5.41) is 2.78. The molecule has 8 heteroatoms. The maximum atomic E-state index is 14.2. The number of amides is 1. The Morgan fingerprint density at radius 3 is 2.33 bits per heavy atom. The number of alkyl carbamates (subject to hydrolysis) is 1. The number of hydrogen-bond donors (Lipinski definition) is 1. The Bertz CT molecular complexity index is 1510. The number of carbonyl (C=O) groups excluding carboxylic acids is 2. The highest BCUT2D eigenvalue weighted by Crippen LogP contribution is 2.49. The SMILES string of the molecule is C[C@@H](OC(=O)NC1=C(c2ccc(-c3ccc(C4(OC=O)CC4)cc3)cc2)OC2N=CC(F)C=C12)c1ccccc1. The Morgan fingerprint density at radius 2 is 1.68 bits per heavy atom. The van der Waals surface area contributed by atoms with Gasteiger partial charge in [0.2, 0.25) is 6.23 Å². The zero-order valence-corrected chi connectivity index (χ0v) is 21.8. The highest BCUT2D eigenvalue weighted by atomic mass is 19.1. The largest absolute Gasteiger partial charge is 0.462 e. The van der Waals surface area contributed by atoms with E-state index in [9.17, 15) is 14.0 Å². The molecule has 0 radical (unpaired) electrons. The summed E-state index contributed by atoms with van der Waals surface area (Å²) >= 11 is 0. The fourth-order valence-electron chi connectivity index (χ4n) is 5.03. The lowest BCUT2D eigenvalue weighted by Crippen LogP contribution is -2.27. The third-order valence-electron chi connectivity index (χ3n) is 7.36. The van der Waals surface area contributed by atoms with E-state index in [-0.39, 0.29) is 0 Å². The van der Waals surface area contributed by atoms with Crippen molar-refractivity contribution in [2.45, 2.75) is 43.9 Å². The quantitative estimate of drug-likeness (QED) is 0.337. The van der Waals surface area contributed by atoms with E-state index in [1.807, 2.05) is 78.9 Å². The van der Waals surface area contributed by atoms with Gasteiger partial charge in [-0.15, -0.1) is 0 Å². The van der Waals surface area contributed by atoms with Gasteiger partial charge in [0, 0.05) is 17.4 Å². The van der Waals surface area contributed by atoms with E-state index in [1.165, 1.54) is 12.3 Å². The third kappa shape index (κ3) is 5.00. The summed E-state index contributed by atoms with van der Waals surface area (Å²) in [5.41, 5.74) is 4.80. The van der Waals surface area contributed by atoms with Gasteiger partial charge in [-0.3, -0.25) is 10.1 Å². The minimum absolute atomic E-state index is 0.330. The van der Waals surface area contributed by atoms with Crippen LogP contribution in [0.25, 0.3) is 16.9 Å². The molecule has 3 aliphatic rings. The van der Waals surface area contributed by atoms with Gasteiger partial charge >= 0.3 is 6.09 Å². The number of rotatable bonds is 8. The second kappa shape index (κ2) is 10.4. The van der Waals surface area contributed by atoms with Crippen molar-refractivity contribution in [1.29, 1.82) is 0 Å². The second-order valence-electron chi connectivity index (χ2n) is 9.99. The average molecular weight is 539 g/mol. The molecule has 1 fully saturated rings. The van der Waals surface area contributed by atoms with E-state index in [1.54, 1.807) is 6.92 Å². The average Bonchev–Trinajstić information content (AvgIpc) is 3.69. The van der Waals surface area contributed by atoms with E-state index in [0.29, 0.717) is 29.1 Å². The monoisotopic (exact) mass is 538 g/mol. The fraction of sp³-hybridized carbons (Fsp3) is 0.219. The van der Waals surface area contributed by atoms with Crippen LogP contribution in [-0.2, 0) is 24.6 Å². The molecule has 0 bridgehead atoms. The molecule has 6 rings (SSSR count). The lowest BCUT2D eigenvalue weighted by atomic mass is 9.99. The summed E-state index contributed by atoms with van der Waals surface area (Å²) in [6, 6.07) is 25.0. The van der Waals surface area contributed by atoms with Gasteiger partial charge in [0.05, 0.1) is 5.70 Å². The van der Waals surface area contributed by atoms with Gasteiger partial charge in [-0.1, -0.05) is 78.9 Å². The Kier molecular flexibility index (Phi) is 6.67. The number of dihydropyridines is 1. The van der Waals surface area contributed by atoms with Crippen LogP contribution in [0.5, 0.6) is 0 Å². The summed E-state index contributed by atoms with van der Waals surface area (Å²) in [6.45, 7) is 2.29. The molecular formula is C32H27FN2O5. The molecule has 0 spiro atoms. The summed E-state index contributed by atoms with van der Waals surface area (Å²) in [7, 11) is 0. The van der Waals surface area contributed by atoms with Gasteiger partial charge in [0.25, 0.3) is 6.47 Å². The van der Waals surface area contributed by atoms with Crippen LogP contribution < -0.4 is 5.32 Å². The number of alkyl halides is 1. The highest BCUT2D eigenvalue weighted by molar-refractivity contribution is 5.82. The standard InChI is InChI=1S/C32H27FN2O5/c1-20(21-5-3-2-4-6-21)39-31(37)35-28-27-17-26(33)18-34-30(27)40-29(28)24-9-7-22(8-10-24)23-11-13-25(14-12-23)32(15-16-32)38-19-36/h2-14,17-20,26,30H,15-16H2,1H3,(H,35,37)/t20-,26?,30?/m1/s1. The molecule has 40 heavy (non-hydrogen) atoms. The van der Waals surface area contributed by atoms with Crippen molar-refractivity contribution in [3.63, 3.8) is 0 Å². The van der Waals surface area contributed by atoms with Gasteiger partial charge in [0.1, 0.15) is 11.7 Å². The van der Waals surface area contributed by atoms with Crippen LogP contribution in [0.15, 0.2) is 101 Å². The lowest BCUT2D eigenvalue weighted by molar-refractivity contribution is -0.136. The van der Waals surface area contributed by atoms with E-state index in [4.69, 9.17) is 14.2 Å². The summed E-state index contributed by atoms with van der Waals surface area (Å²) in [4.78, 5) is 27.9. The molecule has 7 nitrogen and oxygen atoms in total. The summed E-state index contributed by atoms with van der Waals surface area (Å²) < 4.78 is 31.2. The lowest BCUT2D eigenvalue weighted by Gasteiger charge is -2.16. The van der Waals surface area contributed by atoms with Crippen molar-refractivity contribution >= 4 is 24.5 Å². The highest BCUT2D eigenvalue weighted by Gasteiger charge is 2.47. The van der Waals surface area contributed by atoms with Crippen LogP contribution >= 0.6 is 0 Å². The van der Waals surface area contributed by atoms with E-state index < -0.39 is 30.2 Å². The molecule has 3 aromatic rings. The van der Waals surface area contributed by atoms with Crippen LogP contribution in [0.3, 0.4) is 0 Å². The number of nitrogens with one attached hydrogen (secondary N) is 1. The van der Waals surface area contributed by atoms with Crippen molar-refractivity contribution in [2.75, 3.05) is 0 Å². The van der Waals surface area contributed by atoms with Crippen molar-refractivity contribution in [3.8, 4) is 11.1 Å². The molecule has 1 amide bonds. The minimum Gasteiger partial charge on any atom is -0.462 e. The topological polar surface area (TPSA) is 86.2 Å². The first-order valence-corrected chi connectivity index (χ1v) is 13.1. The van der Waals surface area contributed by atoms with Gasteiger partial charge in [0.15, 0.2) is 11.9 Å². The number of carbonyl (C=O) groups is 2. The number of nitrogens with zero attached hydrogens (tertiary/aromatic N) is 1. The maximum absolute atomic E-state index is 14.2. The van der Waals surface area contributed by atoms with Crippen molar-refractivity contribution < 1.29 is 28.2 Å². The zero-order chi connectivity index (χ0) is 27.7. The molecule has 1 aliphatic carbocycles. The minimum atomic E-state index is -1.39. The molecule has 0 saturated heterocycles. The first-order chi connectivity index (χ1) is 19.5. The molecule has 3 aromatic carbocycles. The van der Waals surface area contributed by atoms with Crippen LogP contribution in [0.4, 0.5) is 9.18 Å². The normalized spacial score (nSPS) is 21.0. The number of ether oxygens (including phenoxy) is 3. The summed E-state index contributed by atoms with van der Waals surface area (Å²) in [5.74, 6) is 0.385. The van der Waals surface area contributed by atoms with Gasteiger partial charge < -0.3 is 14.2 Å². The Balaban J connectivity index is 1.24. The number of fused-ring (bicyclic) bond motifs is 1. The van der Waals surface area contributed by atoms with Crippen molar-refractivity contribution in [3.05, 3.63) is 113 Å². The Hall–Kier alpha value is -4.72. The smallest absolute Gasteiger partial charge is 0.412 e. The number of halogens is 1. The molecule has 3 atom stereocenters. The molecule has 1 N–H and O–H groups in total. The van der Waals surface area contributed by atoms with E-state index in [2.05, 4.69) is 10.3 Å². The Morgan fingerprint density at radius 1 is 1.02 bits per heavy atom. The number of allylic oxidation sites excluding steroid dienone is 1. The molecular weight excluding hydrogens is 511 g/mol. The summed E-state index contributed by atoms with van der Waals surface area (Å²) in [6.07, 6.45) is 0.926. The predicted molar refractivity (Wildman–Crippen MR) is 148 cm³/mol. The molecule has 202 valence electrons. The van der Waals surface area contributed by atoms with Crippen molar-refractivity contribution in [1.82, 2.24) is 5.32 Å². The zero-order valence-electron chi connectivity index (χ0n) is 21.8. The maximum Gasteiger partial charge on any atom is 0.412 e. The van der Waals surface area contributed by atoms with Gasteiger partial charge in [-0.2, -0.15) is 0 Å². The molecule has 1 saturated carbocycles. The molecule has 2 aliphatic heterocycles. The van der Waals surface area contributed by atoms with Crippen LogP contribution in [-0.4, -0.2) is 31.2 Å². The fourth-order valence-corrected chi connectivity index (χ4v) is 5.03. The van der Waals surface area contributed by atoms with Crippen LogP contribution in [0.1, 0.15) is 42.6 Å². The third-order valence-corrected chi connectivity index (χ3v) is 7.36. The van der Waals surface area contributed by atoms with Crippen molar-refractivity contribution in [2.24, 2.45) is 4.99 Å². The van der Waals surface area contributed by atoms with Crippen LogP contribution in [0.2, 0.25) is 0 Å². The number of hydrogen-bond acceptors (Lipinski definition) is 6. The molecule has 2 unspecified atom stereocenters. The van der Waals surface area contributed by atoms with Gasteiger partial charge in [-0.25, -0.2) is 14.2 Å². The predicted octanol–water partition coefficient (Wildman–Crippen LogP) is 6.38. The first kappa shape index (κ1) is 25.6. The molecule has 0 aromatic heterocycles. The first-order valence-electron chi connectivity index (χ1n) is 13.1. The molecule has 2 heterocycles. The number of aliphatic imine (C=N–C) groups is 1. The van der Waals surface area contributed by atoms with Gasteiger partial charge in [-0.05, 0) is 48.1 Å². The van der Waals surface area contributed by atoms with E-state index >= 15 is 0 Å². The second-order valence-corrected chi connectivity index (χ2v) is 9.99.